The Labute approximate surface area is 240 Å². The summed E-state index contributed by atoms with van der Waals surface area (Å²) in [7, 11) is 0. The number of amides is 2. The van der Waals surface area contributed by atoms with E-state index in [-0.39, 0.29) is 29.0 Å². The first-order chi connectivity index (χ1) is 19.3. The van der Waals surface area contributed by atoms with Gasteiger partial charge in [0.2, 0.25) is 5.91 Å². The van der Waals surface area contributed by atoms with Crippen molar-refractivity contribution in [1.29, 1.82) is 0 Å². The van der Waals surface area contributed by atoms with Gasteiger partial charge in [0, 0.05) is 34.5 Å². The Morgan fingerprint density at radius 1 is 0.951 bits per heavy atom. The summed E-state index contributed by atoms with van der Waals surface area (Å²) in [5.74, 6) is 0.0368. The first kappa shape index (κ1) is 28.5. The van der Waals surface area contributed by atoms with Crippen molar-refractivity contribution in [3.63, 3.8) is 0 Å². The second kappa shape index (κ2) is 10.8. The van der Waals surface area contributed by atoms with Crippen LogP contribution in [0.4, 0.5) is 18.9 Å². The molecule has 0 aliphatic heterocycles. The molecule has 10 heteroatoms. The Morgan fingerprint density at radius 3 is 2.29 bits per heavy atom. The van der Waals surface area contributed by atoms with Crippen molar-refractivity contribution in [3.05, 3.63) is 88.1 Å². The Bertz CT molecular complexity index is 1640. The molecule has 0 unspecified atom stereocenters. The second-order valence-electron chi connectivity index (χ2n) is 11.2. The zero-order valence-corrected chi connectivity index (χ0v) is 23.5. The predicted molar refractivity (Wildman–Crippen MR) is 153 cm³/mol. The molecule has 0 bridgehead atoms. The van der Waals surface area contributed by atoms with Gasteiger partial charge < -0.3 is 10.6 Å². The lowest BCUT2D eigenvalue weighted by molar-refractivity contribution is -0.137. The molecule has 1 aliphatic rings. The number of benzene rings is 3. The molecule has 5 rings (SSSR count). The highest BCUT2D eigenvalue weighted by Crippen LogP contribution is 2.43. The standard InChI is InChI=1S/C31H28ClF3N4O2/c1-30(2,3)29(41)36-16-17-4-13-24(32)23(14-17)28(40)37-21-11-12-22-25(15-21)38-27(39-26(22)18-5-6-18)19-7-9-20(10-8-19)31(33,34)35/h4,7-15,18H,5-6,16H2,1-3H3,(H,36,41)(H,37,40). The van der Waals surface area contributed by atoms with Crippen LogP contribution in [-0.4, -0.2) is 21.8 Å². The lowest BCUT2D eigenvalue weighted by Gasteiger charge is -2.18. The van der Waals surface area contributed by atoms with Gasteiger partial charge in [0.25, 0.3) is 5.91 Å². The number of halogens is 4. The fourth-order valence-electron chi connectivity index (χ4n) is 4.34. The van der Waals surface area contributed by atoms with Gasteiger partial charge >= 0.3 is 6.18 Å². The molecule has 2 amide bonds. The molecule has 6 nitrogen and oxygen atoms in total. The maximum absolute atomic E-state index is 13.2. The second-order valence-corrected chi connectivity index (χ2v) is 11.6. The third kappa shape index (κ3) is 6.51. The van der Waals surface area contributed by atoms with Gasteiger partial charge in [-0.05, 0) is 60.9 Å². The minimum absolute atomic E-state index is 0.113. The van der Waals surface area contributed by atoms with Crippen LogP contribution in [0, 0.1) is 5.41 Å². The summed E-state index contributed by atoms with van der Waals surface area (Å²) in [6, 6.07) is 15.1. The summed E-state index contributed by atoms with van der Waals surface area (Å²) in [5.41, 5.74) is 2.05. The van der Waals surface area contributed by atoms with Gasteiger partial charge in [0.1, 0.15) is 0 Å². The van der Waals surface area contributed by atoms with Crippen LogP contribution < -0.4 is 10.6 Å². The van der Waals surface area contributed by atoms with E-state index in [0.717, 1.165) is 41.6 Å². The first-order valence-corrected chi connectivity index (χ1v) is 13.5. The molecule has 0 atom stereocenters. The number of carbonyl (C=O) groups is 2. The Balaban J connectivity index is 1.41. The highest BCUT2D eigenvalue weighted by molar-refractivity contribution is 6.34. The summed E-state index contributed by atoms with van der Waals surface area (Å²) in [6.45, 7) is 5.70. The van der Waals surface area contributed by atoms with Crippen molar-refractivity contribution in [3.8, 4) is 11.4 Å². The average molecular weight is 581 g/mol. The number of alkyl halides is 3. The first-order valence-electron chi connectivity index (χ1n) is 13.2. The Morgan fingerprint density at radius 2 is 1.66 bits per heavy atom. The fraction of sp³-hybridized carbons (Fsp3) is 0.290. The number of nitrogens with one attached hydrogen (secondary N) is 2. The van der Waals surface area contributed by atoms with E-state index in [2.05, 4.69) is 15.6 Å². The van der Waals surface area contributed by atoms with Gasteiger partial charge in [0.15, 0.2) is 5.82 Å². The summed E-state index contributed by atoms with van der Waals surface area (Å²) >= 11 is 6.34. The van der Waals surface area contributed by atoms with E-state index in [0.29, 0.717) is 22.6 Å². The molecule has 1 aliphatic carbocycles. The van der Waals surface area contributed by atoms with Crippen molar-refractivity contribution in [1.82, 2.24) is 15.3 Å². The van der Waals surface area contributed by atoms with Gasteiger partial charge in [0.05, 0.1) is 27.4 Å². The van der Waals surface area contributed by atoms with Crippen LogP contribution in [0.25, 0.3) is 22.3 Å². The van der Waals surface area contributed by atoms with E-state index in [1.165, 1.54) is 12.1 Å². The van der Waals surface area contributed by atoms with Crippen molar-refractivity contribution in [2.75, 3.05) is 5.32 Å². The summed E-state index contributed by atoms with van der Waals surface area (Å²) < 4.78 is 39.1. The largest absolute Gasteiger partial charge is 0.416 e. The zero-order chi connectivity index (χ0) is 29.5. The van der Waals surface area contributed by atoms with Crippen molar-refractivity contribution in [2.45, 2.75) is 52.3 Å². The van der Waals surface area contributed by atoms with E-state index in [1.54, 1.807) is 30.3 Å². The quantitative estimate of drug-likeness (QED) is 0.244. The third-order valence-electron chi connectivity index (χ3n) is 6.83. The monoisotopic (exact) mass is 580 g/mol. The van der Waals surface area contributed by atoms with E-state index in [1.807, 2.05) is 26.8 Å². The highest BCUT2D eigenvalue weighted by Gasteiger charge is 2.31. The van der Waals surface area contributed by atoms with Crippen LogP contribution in [0.3, 0.4) is 0 Å². The Hall–Kier alpha value is -3.98. The van der Waals surface area contributed by atoms with E-state index in [9.17, 15) is 22.8 Å². The third-order valence-corrected chi connectivity index (χ3v) is 7.16. The number of anilines is 1. The van der Waals surface area contributed by atoms with Crippen molar-refractivity contribution >= 4 is 40.0 Å². The number of hydrogen-bond donors (Lipinski definition) is 2. The predicted octanol–water partition coefficient (Wildman–Crippen LogP) is 7.76. The summed E-state index contributed by atoms with van der Waals surface area (Å²) in [4.78, 5) is 34.8. The molecule has 2 N–H and O–H groups in total. The maximum atomic E-state index is 13.2. The molecule has 212 valence electrons. The maximum Gasteiger partial charge on any atom is 0.416 e. The van der Waals surface area contributed by atoms with E-state index >= 15 is 0 Å². The van der Waals surface area contributed by atoms with Gasteiger partial charge in [-0.3, -0.25) is 9.59 Å². The number of nitrogens with zero attached hydrogens (tertiary/aromatic N) is 2. The SMILES string of the molecule is CC(C)(C)C(=O)NCc1ccc(Cl)c(C(=O)Nc2ccc3c(C4CC4)nc(-c4ccc(C(F)(F)F)cc4)nc3c2)c1. The minimum atomic E-state index is -4.43. The zero-order valence-electron chi connectivity index (χ0n) is 22.7. The van der Waals surface area contributed by atoms with Crippen LogP contribution in [0.15, 0.2) is 60.7 Å². The molecule has 0 radical (unpaired) electrons. The lowest BCUT2D eigenvalue weighted by Crippen LogP contribution is -2.34. The van der Waals surface area contributed by atoms with Crippen molar-refractivity contribution < 1.29 is 22.8 Å². The normalized spacial score (nSPS) is 13.7. The van der Waals surface area contributed by atoms with Crippen LogP contribution in [0.5, 0.6) is 0 Å². The van der Waals surface area contributed by atoms with Gasteiger partial charge in [-0.15, -0.1) is 0 Å². The lowest BCUT2D eigenvalue weighted by atomic mass is 9.95. The number of aromatic nitrogens is 2. The molecule has 1 heterocycles. The van der Waals surface area contributed by atoms with Crippen molar-refractivity contribution in [2.24, 2.45) is 5.41 Å². The summed E-state index contributed by atoms with van der Waals surface area (Å²) in [5, 5.41) is 6.81. The molecule has 0 spiro atoms. The van der Waals surface area contributed by atoms with Gasteiger partial charge in [-0.25, -0.2) is 9.97 Å². The highest BCUT2D eigenvalue weighted by atomic mass is 35.5. The molecule has 41 heavy (non-hydrogen) atoms. The average Bonchev–Trinajstić information content (AvgIpc) is 3.76. The molecule has 1 saturated carbocycles. The number of fused-ring (bicyclic) bond motifs is 1. The molecular formula is C31H28ClF3N4O2. The smallest absolute Gasteiger partial charge is 0.352 e. The van der Waals surface area contributed by atoms with Crippen LogP contribution in [0.1, 0.15) is 66.7 Å². The molecule has 1 aromatic heterocycles. The van der Waals surface area contributed by atoms with E-state index in [4.69, 9.17) is 16.6 Å². The van der Waals surface area contributed by atoms with E-state index < -0.39 is 23.1 Å². The molecule has 1 fully saturated rings. The molecular weight excluding hydrogens is 553 g/mol. The van der Waals surface area contributed by atoms with Crippen LogP contribution >= 0.6 is 11.6 Å². The molecule has 3 aromatic carbocycles. The minimum Gasteiger partial charge on any atom is -0.352 e. The molecule has 4 aromatic rings. The fourth-order valence-corrected chi connectivity index (χ4v) is 4.54. The van der Waals surface area contributed by atoms with Gasteiger partial charge in [-0.1, -0.05) is 50.6 Å². The number of carbonyl (C=O) groups excluding carboxylic acids is 2. The van der Waals surface area contributed by atoms with Crippen LogP contribution in [0.2, 0.25) is 5.02 Å². The summed E-state index contributed by atoms with van der Waals surface area (Å²) in [6.07, 6.45) is -2.48. The Kier molecular flexibility index (Phi) is 7.50. The number of hydrogen-bond acceptors (Lipinski definition) is 4. The van der Waals surface area contributed by atoms with Gasteiger partial charge in [-0.2, -0.15) is 13.2 Å². The number of rotatable bonds is 6. The van der Waals surface area contributed by atoms with Crippen LogP contribution in [-0.2, 0) is 17.5 Å². The molecule has 0 saturated heterocycles. The topological polar surface area (TPSA) is 84.0 Å².